The number of ether oxygens (including phenoxy) is 1. The van der Waals surface area contributed by atoms with Gasteiger partial charge in [0.05, 0.1) is 28.9 Å². The van der Waals surface area contributed by atoms with Gasteiger partial charge in [0.1, 0.15) is 11.6 Å². The third-order valence-electron chi connectivity index (χ3n) is 6.60. The van der Waals surface area contributed by atoms with Gasteiger partial charge in [-0.25, -0.2) is 15.0 Å². The molecule has 0 aliphatic carbocycles. The van der Waals surface area contributed by atoms with Crippen LogP contribution in [0.3, 0.4) is 0 Å². The van der Waals surface area contributed by atoms with Crippen molar-refractivity contribution >= 4 is 27.9 Å². The van der Waals surface area contributed by atoms with Gasteiger partial charge < -0.3 is 19.5 Å². The molecule has 1 N–H and O–H groups in total. The molecular weight excluding hydrogens is 412 g/mol. The summed E-state index contributed by atoms with van der Waals surface area (Å²) in [5.74, 6) is 2.84. The molecular formula is C26H32N6O. The van der Waals surface area contributed by atoms with Gasteiger partial charge in [0.2, 0.25) is 5.95 Å². The number of rotatable bonds is 7. The Morgan fingerprint density at radius 2 is 1.85 bits per heavy atom. The monoisotopic (exact) mass is 444 g/mol. The van der Waals surface area contributed by atoms with Crippen LogP contribution in [-0.4, -0.2) is 51.8 Å². The van der Waals surface area contributed by atoms with E-state index in [2.05, 4.69) is 47.0 Å². The third-order valence-corrected chi connectivity index (χ3v) is 6.60. The molecule has 5 rings (SSSR count). The average Bonchev–Trinajstić information content (AvgIpc) is 3.15. The molecule has 7 heteroatoms. The molecule has 1 saturated heterocycles. The summed E-state index contributed by atoms with van der Waals surface area (Å²) in [4.78, 5) is 16.8. The van der Waals surface area contributed by atoms with Crippen LogP contribution in [0.1, 0.15) is 31.3 Å². The van der Waals surface area contributed by atoms with Gasteiger partial charge in [-0.05, 0) is 57.0 Å². The number of aryl methyl sites for hydroxylation is 2. The van der Waals surface area contributed by atoms with Crippen LogP contribution >= 0.6 is 0 Å². The Hall–Kier alpha value is -3.19. The van der Waals surface area contributed by atoms with Crippen LogP contribution in [0.25, 0.3) is 21.9 Å². The number of nitrogens with zero attached hydrogens (tertiary/aromatic N) is 5. The molecule has 0 unspecified atom stereocenters. The fourth-order valence-corrected chi connectivity index (χ4v) is 4.73. The van der Waals surface area contributed by atoms with Crippen molar-refractivity contribution in [2.45, 2.75) is 39.2 Å². The molecule has 0 radical (unpaired) electrons. The Bertz CT molecular complexity index is 1260. The van der Waals surface area contributed by atoms with Crippen LogP contribution in [-0.2, 0) is 13.5 Å². The van der Waals surface area contributed by atoms with E-state index in [0.717, 1.165) is 78.5 Å². The first-order chi connectivity index (χ1) is 16.1. The predicted octanol–water partition coefficient (Wildman–Crippen LogP) is 4.02. The second kappa shape index (κ2) is 9.35. The molecule has 1 aliphatic heterocycles. The van der Waals surface area contributed by atoms with Crippen molar-refractivity contribution in [3.8, 4) is 5.75 Å². The van der Waals surface area contributed by atoms with Crippen molar-refractivity contribution in [3.63, 3.8) is 0 Å². The molecule has 0 spiro atoms. The maximum Gasteiger partial charge on any atom is 0.226 e. The highest BCUT2D eigenvalue weighted by Crippen LogP contribution is 2.25. The lowest BCUT2D eigenvalue weighted by Crippen LogP contribution is -2.43. The van der Waals surface area contributed by atoms with E-state index >= 15 is 0 Å². The minimum Gasteiger partial charge on any atom is -0.494 e. The highest BCUT2D eigenvalue weighted by Gasteiger charge is 2.21. The molecule has 0 amide bonds. The number of fused-ring (bicyclic) bond motifs is 2. The lowest BCUT2D eigenvalue weighted by Gasteiger charge is -2.32. The van der Waals surface area contributed by atoms with Gasteiger partial charge in [-0.2, -0.15) is 0 Å². The number of aromatic nitrogens is 4. The van der Waals surface area contributed by atoms with Gasteiger partial charge in [-0.3, -0.25) is 0 Å². The topological polar surface area (TPSA) is 68.1 Å². The van der Waals surface area contributed by atoms with Crippen molar-refractivity contribution in [2.75, 3.05) is 31.1 Å². The average molecular weight is 445 g/mol. The van der Waals surface area contributed by atoms with Crippen LogP contribution in [0.5, 0.6) is 5.75 Å². The number of nitrogens with one attached hydrogen (secondary N) is 1. The van der Waals surface area contributed by atoms with Crippen LogP contribution in [0.15, 0.2) is 42.5 Å². The van der Waals surface area contributed by atoms with Gasteiger partial charge in [0.25, 0.3) is 0 Å². The highest BCUT2D eigenvalue weighted by molar-refractivity contribution is 5.83. The molecule has 0 atom stereocenters. The van der Waals surface area contributed by atoms with Crippen molar-refractivity contribution in [1.29, 1.82) is 0 Å². The Morgan fingerprint density at radius 1 is 1.03 bits per heavy atom. The quantitative estimate of drug-likeness (QED) is 0.464. The van der Waals surface area contributed by atoms with Gasteiger partial charge in [-0.1, -0.05) is 12.1 Å². The van der Waals surface area contributed by atoms with E-state index in [1.165, 1.54) is 5.52 Å². The maximum absolute atomic E-state index is 5.63. The SMILES string of the molecule is CCOc1ccc2nc(N3CCC(NCCc4nc5ccccc5n4C)CC3)nc(C)c2c1. The Balaban J connectivity index is 1.17. The smallest absolute Gasteiger partial charge is 0.226 e. The molecule has 7 nitrogen and oxygen atoms in total. The lowest BCUT2D eigenvalue weighted by atomic mass is 10.1. The number of hydrogen-bond acceptors (Lipinski definition) is 6. The van der Waals surface area contributed by atoms with Crippen LogP contribution in [0.4, 0.5) is 5.95 Å². The summed E-state index contributed by atoms with van der Waals surface area (Å²) in [6, 6.07) is 14.9. The molecule has 0 bridgehead atoms. The number of piperidine rings is 1. The molecule has 0 saturated carbocycles. The summed E-state index contributed by atoms with van der Waals surface area (Å²) in [6.07, 6.45) is 3.11. The van der Waals surface area contributed by atoms with Crippen molar-refractivity contribution in [2.24, 2.45) is 7.05 Å². The van der Waals surface area contributed by atoms with Crippen molar-refractivity contribution in [3.05, 3.63) is 54.0 Å². The fourth-order valence-electron chi connectivity index (χ4n) is 4.73. The van der Waals surface area contributed by atoms with Gasteiger partial charge in [0, 0.05) is 44.5 Å². The zero-order valence-electron chi connectivity index (χ0n) is 19.7. The first kappa shape index (κ1) is 21.6. The summed E-state index contributed by atoms with van der Waals surface area (Å²) >= 11 is 0. The zero-order valence-corrected chi connectivity index (χ0v) is 19.7. The van der Waals surface area contributed by atoms with Crippen LogP contribution in [0.2, 0.25) is 0 Å². The van der Waals surface area contributed by atoms with E-state index in [1.54, 1.807) is 0 Å². The van der Waals surface area contributed by atoms with E-state index in [9.17, 15) is 0 Å². The first-order valence-corrected chi connectivity index (χ1v) is 11.9. The first-order valence-electron chi connectivity index (χ1n) is 11.9. The Morgan fingerprint density at radius 3 is 2.64 bits per heavy atom. The van der Waals surface area contributed by atoms with Gasteiger partial charge in [0.15, 0.2) is 0 Å². The van der Waals surface area contributed by atoms with Crippen molar-refractivity contribution < 1.29 is 4.74 Å². The molecule has 3 heterocycles. The molecule has 4 aromatic rings. The van der Waals surface area contributed by atoms with E-state index in [0.29, 0.717) is 12.6 Å². The Labute approximate surface area is 194 Å². The van der Waals surface area contributed by atoms with Crippen LogP contribution in [0, 0.1) is 6.92 Å². The minimum atomic E-state index is 0.520. The number of hydrogen-bond donors (Lipinski definition) is 1. The summed E-state index contributed by atoms with van der Waals surface area (Å²) < 4.78 is 7.84. The largest absolute Gasteiger partial charge is 0.494 e. The second-order valence-corrected chi connectivity index (χ2v) is 8.76. The van der Waals surface area contributed by atoms with E-state index in [-0.39, 0.29) is 0 Å². The predicted molar refractivity (Wildman–Crippen MR) is 133 cm³/mol. The molecule has 1 aliphatic rings. The second-order valence-electron chi connectivity index (χ2n) is 8.76. The standard InChI is InChI=1S/C26H32N6O/c1-4-33-20-9-10-22-21(17-20)18(2)28-26(30-22)32-15-12-19(13-16-32)27-14-11-25-29-23-7-5-6-8-24(23)31(25)3/h5-10,17,19,27H,4,11-16H2,1-3H3. The maximum atomic E-state index is 5.63. The molecule has 1 fully saturated rings. The summed E-state index contributed by atoms with van der Waals surface area (Å²) in [5, 5.41) is 4.80. The summed E-state index contributed by atoms with van der Waals surface area (Å²) in [5.41, 5.74) is 4.24. The van der Waals surface area contributed by atoms with Crippen LogP contribution < -0.4 is 15.0 Å². The highest BCUT2D eigenvalue weighted by atomic mass is 16.5. The molecule has 2 aromatic heterocycles. The van der Waals surface area contributed by atoms with E-state index in [1.807, 2.05) is 31.2 Å². The molecule has 33 heavy (non-hydrogen) atoms. The normalized spacial score (nSPS) is 14.9. The number of para-hydroxylation sites is 2. The van der Waals surface area contributed by atoms with Crippen molar-refractivity contribution in [1.82, 2.24) is 24.8 Å². The lowest BCUT2D eigenvalue weighted by molar-refractivity contribution is 0.340. The van der Waals surface area contributed by atoms with E-state index < -0.39 is 0 Å². The van der Waals surface area contributed by atoms with Gasteiger partial charge >= 0.3 is 0 Å². The Kier molecular flexibility index (Phi) is 6.13. The van der Waals surface area contributed by atoms with E-state index in [4.69, 9.17) is 19.7 Å². The molecule has 2 aromatic carbocycles. The summed E-state index contributed by atoms with van der Waals surface area (Å²) in [6.45, 7) is 7.58. The fraction of sp³-hybridized carbons (Fsp3) is 0.423. The number of imidazole rings is 1. The van der Waals surface area contributed by atoms with Gasteiger partial charge in [-0.15, -0.1) is 0 Å². The number of anilines is 1. The molecule has 172 valence electrons. The zero-order chi connectivity index (χ0) is 22.8. The number of benzene rings is 2. The third kappa shape index (κ3) is 4.50. The summed E-state index contributed by atoms with van der Waals surface area (Å²) in [7, 11) is 2.10. The minimum absolute atomic E-state index is 0.520.